The lowest BCUT2D eigenvalue weighted by Gasteiger charge is -2.33. The molecule has 0 spiro atoms. The highest BCUT2D eigenvalue weighted by Crippen LogP contribution is 2.29. The minimum Gasteiger partial charge on any atom is -0.369 e. The minimum atomic E-state index is -0.0303. The van der Waals surface area contributed by atoms with Gasteiger partial charge in [-0.25, -0.2) is 0 Å². The van der Waals surface area contributed by atoms with Gasteiger partial charge in [-0.1, -0.05) is 32.0 Å². The highest BCUT2D eigenvalue weighted by atomic mass is 15.2. The van der Waals surface area contributed by atoms with Crippen LogP contribution in [0.2, 0.25) is 0 Å². The Balaban J connectivity index is 2.14. The number of anilines is 1. The van der Waals surface area contributed by atoms with Crippen molar-refractivity contribution in [2.75, 3.05) is 18.0 Å². The van der Waals surface area contributed by atoms with Crippen LogP contribution in [-0.4, -0.2) is 18.6 Å². The number of nitrogens with zero attached hydrogens (tertiary/aromatic N) is 1. The van der Waals surface area contributed by atoms with E-state index < -0.39 is 0 Å². The first-order chi connectivity index (χ1) is 7.68. The molecule has 0 aromatic heterocycles. The summed E-state index contributed by atoms with van der Waals surface area (Å²) in [5, 5.41) is 0. The second-order valence-electron chi connectivity index (χ2n) is 4.87. The fourth-order valence-corrected chi connectivity index (χ4v) is 2.42. The second-order valence-corrected chi connectivity index (χ2v) is 4.87. The number of hydrogen-bond acceptors (Lipinski definition) is 2. The average molecular weight is 218 g/mol. The molecule has 0 bridgehead atoms. The van der Waals surface area contributed by atoms with Crippen LogP contribution in [-0.2, 0) is 6.42 Å². The summed E-state index contributed by atoms with van der Waals surface area (Å²) in [6, 6.07) is 8.68. The van der Waals surface area contributed by atoms with Gasteiger partial charge in [0.25, 0.3) is 0 Å². The number of rotatable bonds is 4. The summed E-state index contributed by atoms with van der Waals surface area (Å²) in [4.78, 5) is 2.45. The molecular weight excluding hydrogens is 196 g/mol. The van der Waals surface area contributed by atoms with E-state index in [1.807, 2.05) is 0 Å². The summed E-state index contributed by atoms with van der Waals surface area (Å²) in [6.45, 7) is 6.48. The van der Waals surface area contributed by atoms with Crippen LogP contribution in [0.15, 0.2) is 24.3 Å². The smallest absolute Gasteiger partial charge is 0.0400 e. The van der Waals surface area contributed by atoms with Crippen LogP contribution in [0.5, 0.6) is 0 Å². The molecule has 2 N–H and O–H groups in total. The molecule has 1 heterocycles. The number of hydrogen-bond donors (Lipinski definition) is 1. The highest BCUT2D eigenvalue weighted by molar-refractivity contribution is 5.58. The average Bonchev–Trinajstić information content (AvgIpc) is 2.73. The minimum absolute atomic E-state index is 0.0303. The lowest BCUT2D eigenvalue weighted by Crippen LogP contribution is -2.49. The van der Waals surface area contributed by atoms with E-state index in [0.717, 1.165) is 25.9 Å². The van der Waals surface area contributed by atoms with Crippen LogP contribution in [0.1, 0.15) is 32.3 Å². The first-order valence-corrected chi connectivity index (χ1v) is 6.30. The Morgan fingerprint density at radius 2 is 1.94 bits per heavy atom. The molecule has 0 saturated carbocycles. The maximum atomic E-state index is 6.39. The van der Waals surface area contributed by atoms with E-state index >= 15 is 0 Å². The molecule has 0 aliphatic carbocycles. The molecule has 0 saturated heterocycles. The van der Waals surface area contributed by atoms with Gasteiger partial charge in [0.2, 0.25) is 0 Å². The standard InChI is InChI=1S/C14H22N2/c1-3-14(15,4-2)11-16-10-9-12-7-5-6-8-13(12)16/h5-8H,3-4,9-11,15H2,1-2H3. The van der Waals surface area contributed by atoms with Crippen molar-refractivity contribution in [3.05, 3.63) is 29.8 Å². The molecule has 1 aromatic carbocycles. The molecule has 1 aromatic rings. The zero-order valence-corrected chi connectivity index (χ0v) is 10.4. The van der Waals surface area contributed by atoms with Crippen LogP contribution in [0.4, 0.5) is 5.69 Å². The van der Waals surface area contributed by atoms with Gasteiger partial charge in [-0.2, -0.15) is 0 Å². The largest absolute Gasteiger partial charge is 0.369 e. The van der Waals surface area contributed by atoms with Crippen molar-refractivity contribution in [1.29, 1.82) is 0 Å². The molecule has 0 radical (unpaired) electrons. The van der Waals surface area contributed by atoms with E-state index in [2.05, 4.69) is 43.0 Å². The van der Waals surface area contributed by atoms with Gasteiger partial charge in [-0.15, -0.1) is 0 Å². The van der Waals surface area contributed by atoms with Gasteiger partial charge >= 0.3 is 0 Å². The normalized spacial score (nSPS) is 15.3. The van der Waals surface area contributed by atoms with E-state index in [9.17, 15) is 0 Å². The summed E-state index contributed by atoms with van der Waals surface area (Å²) in [7, 11) is 0. The third kappa shape index (κ3) is 2.07. The van der Waals surface area contributed by atoms with Gasteiger partial charge in [0.1, 0.15) is 0 Å². The van der Waals surface area contributed by atoms with E-state index in [-0.39, 0.29) is 5.54 Å². The fourth-order valence-electron chi connectivity index (χ4n) is 2.42. The molecule has 1 aliphatic rings. The Bertz CT molecular complexity index is 356. The van der Waals surface area contributed by atoms with Crippen molar-refractivity contribution in [2.45, 2.75) is 38.6 Å². The Hall–Kier alpha value is -1.02. The van der Waals surface area contributed by atoms with E-state index in [1.165, 1.54) is 17.7 Å². The predicted octanol–water partition coefficient (Wildman–Crippen LogP) is 2.57. The second kappa shape index (κ2) is 4.46. The third-order valence-corrected chi connectivity index (χ3v) is 3.90. The summed E-state index contributed by atoms with van der Waals surface area (Å²) >= 11 is 0. The van der Waals surface area contributed by atoms with Gasteiger partial charge < -0.3 is 10.6 Å². The summed E-state index contributed by atoms with van der Waals surface area (Å²) < 4.78 is 0. The zero-order chi connectivity index (χ0) is 11.6. The molecule has 1 aliphatic heterocycles. The van der Waals surface area contributed by atoms with Crippen molar-refractivity contribution in [3.63, 3.8) is 0 Å². The molecule has 2 rings (SSSR count). The summed E-state index contributed by atoms with van der Waals surface area (Å²) in [5.74, 6) is 0. The lowest BCUT2D eigenvalue weighted by molar-refractivity contribution is 0.396. The third-order valence-electron chi connectivity index (χ3n) is 3.90. The maximum absolute atomic E-state index is 6.39. The zero-order valence-electron chi connectivity index (χ0n) is 10.4. The number of nitrogens with two attached hydrogens (primary N) is 1. The van der Waals surface area contributed by atoms with Crippen molar-refractivity contribution in [3.8, 4) is 0 Å². The van der Waals surface area contributed by atoms with Gasteiger partial charge in [0, 0.05) is 24.3 Å². The van der Waals surface area contributed by atoms with E-state index in [0.29, 0.717) is 0 Å². The molecule has 0 amide bonds. The molecule has 88 valence electrons. The Labute approximate surface area is 98.4 Å². The monoisotopic (exact) mass is 218 g/mol. The molecular formula is C14H22N2. The van der Waals surface area contributed by atoms with Crippen molar-refractivity contribution < 1.29 is 0 Å². The van der Waals surface area contributed by atoms with Crippen molar-refractivity contribution in [1.82, 2.24) is 0 Å². The van der Waals surface area contributed by atoms with Gasteiger partial charge in [0.05, 0.1) is 0 Å². The fraction of sp³-hybridized carbons (Fsp3) is 0.571. The molecule has 0 fully saturated rings. The lowest BCUT2D eigenvalue weighted by atomic mass is 9.93. The van der Waals surface area contributed by atoms with Gasteiger partial charge in [-0.05, 0) is 30.9 Å². The number of fused-ring (bicyclic) bond motifs is 1. The maximum Gasteiger partial charge on any atom is 0.0400 e. The first-order valence-electron chi connectivity index (χ1n) is 6.30. The van der Waals surface area contributed by atoms with Crippen LogP contribution in [0, 0.1) is 0 Å². The van der Waals surface area contributed by atoms with Gasteiger partial charge in [0.15, 0.2) is 0 Å². The number of benzene rings is 1. The van der Waals surface area contributed by atoms with Crippen LogP contribution in [0.25, 0.3) is 0 Å². The Kier molecular flexibility index (Phi) is 3.20. The molecule has 2 heteroatoms. The quantitative estimate of drug-likeness (QED) is 0.841. The molecule has 0 atom stereocenters. The number of para-hydroxylation sites is 1. The topological polar surface area (TPSA) is 29.3 Å². The SMILES string of the molecule is CCC(N)(CC)CN1CCc2ccccc21. The molecule has 2 nitrogen and oxygen atoms in total. The summed E-state index contributed by atoms with van der Waals surface area (Å²) in [6.07, 6.45) is 3.25. The van der Waals surface area contributed by atoms with Crippen LogP contribution in [0.3, 0.4) is 0 Å². The van der Waals surface area contributed by atoms with Crippen molar-refractivity contribution in [2.24, 2.45) is 5.73 Å². The van der Waals surface area contributed by atoms with Crippen LogP contribution < -0.4 is 10.6 Å². The van der Waals surface area contributed by atoms with Crippen molar-refractivity contribution >= 4 is 5.69 Å². The highest BCUT2D eigenvalue weighted by Gasteiger charge is 2.27. The Morgan fingerprint density at radius 3 is 2.62 bits per heavy atom. The summed E-state index contributed by atoms with van der Waals surface area (Å²) in [5.41, 5.74) is 9.22. The first kappa shape index (κ1) is 11.5. The van der Waals surface area contributed by atoms with E-state index in [4.69, 9.17) is 5.73 Å². The van der Waals surface area contributed by atoms with Gasteiger partial charge in [-0.3, -0.25) is 0 Å². The Morgan fingerprint density at radius 1 is 1.25 bits per heavy atom. The van der Waals surface area contributed by atoms with E-state index in [1.54, 1.807) is 0 Å². The predicted molar refractivity (Wildman–Crippen MR) is 69.9 cm³/mol. The van der Waals surface area contributed by atoms with Crippen LogP contribution >= 0.6 is 0 Å². The molecule has 16 heavy (non-hydrogen) atoms. The molecule has 0 unspecified atom stereocenters.